The maximum atomic E-state index is 14.5. The van der Waals surface area contributed by atoms with E-state index in [0.29, 0.717) is 15.8 Å². The zero-order valence-corrected chi connectivity index (χ0v) is 16.1. The molecule has 0 saturated heterocycles. The highest BCUT2D eigenvalue weighted by Crippen LogP contribution is 2.32. The number of hydrogen-bond donors (Lipinski definition) is 0. The van der Waals surface area contributed by atoms with E-state index in [2.05, 4.69) is 19.9 Å². The number of aryl methyl sites for hydroxylation is 1. The Morgan fingerprint density at radius 1 is 1.24 bits per heavy atom. The van der Waals surface area contributed by atoms with Crippen LogP contribution in [-0.2, 0) is 19.8 Å². The topological polar surface area (TPSA) is 65.7 Å². The van der Waals surface area contributed by atoms with E-state index >= 15 is 0 Å². The van der Waals surface area contributed by atoms with Gasteiger partial charge in [0.25, 0.3) is 0 Å². The first-order chi connectivity index (χ1) is 13.7. The first kappa shape index (κ1) is 19.5. The smallest absolute Gasteiger partial charge is 0.434 e. The molecular weight excluding hydrogens is 434 g/mol. The summed E-state index contributed by atoms with van der Waals surface area (Å²) in [4.78, 5) is 15.5. The molecule has 0 aliphatic rings. The lowest BCUT2D eigenvalue weighted by Gasteiger charge is -2.08. The summed E-state index contributed by atoms with van der Waals surface area (Å²) in [7, 11) is 1.33. The summed E-state index contributed by atoms with van der Waals surface area (Å²) in [6, 6.07) is 2.89. The third-order valence-corrected chi connectivity index (χ3v) is 4.96. The number of nitrogens with zero attached hydrogens (tertiary/aromatic N) is 5. The molecule has 0 fully saturated rings. The molecule has 0 spiro atoms. The second kappa shape index (κ2) is 7.23. The van der Waals surface area contributed by atoms with E-state index in [1.807, 2.05) is 0 Å². The summed E-state index contributed by atoms with van der Waals surface area (Å²) in [6.07, 6.45) is -2.56. The van der Waals surface area contributed by atoms with Crippen molar-refractivity contribution in [1.82, 2.24) is 24.5 Å². The number of pyridine rings is 1. The van der Waals surface area contributed by atoms with Crippen LogP contribution in [0.25, 0.3) is 21.7 Å². The van der Waals surface area contributed by atoms with Crippen molar-refractivity contribution in [3.8, 4) is 17.4 Å². The van der Waals surface area contributed by atoms with Gasteiger partial charge in [-0.25, -0.2) is 19.3 Å². The minimum Gasteiger partial charge on any atom is -0.472 e. The fourth-order valence-corrected chi connectivity index (χ4v) is 3.54. The fourth-order valence-electron chi connectivity index (χ4n) is 2.60. The number of aromatic nitrogens is 5. The molecule has 0 amide bonds. The standard InChI is InChI=1S/C17H10ClF4N5OS/c1-27-6-11(17(20,21)22)25-14(27)12-9(19)4-8(5-23-12)7-28-15-13-10(2-3-29-13)24-16(18)26-15/h2-6H,7H2,1H3. The van der Waals surface area contributed by atoms with E-state index < -0.39 is 17.7 Å². The van der Waals surface area contributed by atoms with E-state index in [9.17, 15) is 17.6 Å². The summed E-state index contributed by atoms with van der Waals surface area (Å²) in [6.45, 7) is -0.0705. The molecule has 0 saturated carbocycles. The van der Waals surface area contributed by atoms with Gasteiger partial charge in [0.1, 0.15) is 17.0 Å². The average Bonchev–Trinajstić information content (AvgIpc) is 3.26. The lowest BCUT2D eigenvalue weighted by molar-refractivity contribution is -0.140. The molecule has 4 rings (SSSR count). The van der Waals surface area contributed by atoms with Crippen LogP contribution in [0.2, 0.25) is 5.28 Å². The van der Waals surface area contributed by atoms with E-state index in [1.54, 1.807) is 11.4 Å². The van der Waals surface area contributed by atoms with Crippen molar-refractivity contribution in [3.63, 3.8) is 0 Å². The molecule has 4 aromatic rings. The van der Waals surface area contributed by atoms with E-state index in [-0.39, 0.29) is 29.3 Å². The Kier molecular flexibility index (Phi) is 4.87. The largest absolute Gasteiger partial charge is 0.472 e. The van der Waals surface area contributed by atoms with Crippen molar-refractivity contribution < 1.29 is 22.3 Å². The Morgan fingerprint density at radius 2 is 2.03 bits per heavy atom. The third kappa shape index (κ3) is 3.87. The highest BCUT2D eigenvalue weighted by molar-refractivity contribution is 7.17. The van der Waals surface area contributed by atoms with Gasteiger partial charge in [-0.2, -0.15) is 18.2 Å². The van der Waals surface area contributed by atoms with E-state index in [0.717, 1.165) is 16.8 Å². The highest BCUT2D eigenvalue weighted by Gasteiger charge is 2.35. The maximum Gasteiger partial charge on any atom is 0.434 e. The Balaban J connectivity index is 1.58. The van der Waals surface area contributed by atoms with Gasteiger partial charge < -0.3 is 9.30 Å². The molecule has 0 unspecified atom stereocenters. The first-order valence-electron chi connectivity index (χ1n) is 8.01. The summed E-state index contributed by atoms with van der Waals surface area (Å²) in [5, 5.41) is 1.82. The van der Waals surface area contributed by atoms with Crippen LogP contribution in [0, 0.1) is 5.82 Å². The zero-order chi connectivity index (χ0) is 20.8. The fraction of sp³-hybridized carbons (Fsp3) is 0.176. The summed E-state index contributed by atoms with van der Waals surface area (Å²) in [5.41, 5.74) is -0.433. The first-order valence-corrected chi connectivity index (χ1v) is 9.27. The minimum atomic E-state index is -4.63. The van der Waals surface area contributed by atoms with Crippen molar-refractivity contribution in [3.05, 3.63) is 52.3 Å². The second-order valence-corrected chi connectivity index (χ2v) is 7.21. The maximum absolute atomic E-state index is 14.5. The zero-order valence-electron chi connectivity index (χ0n) is 14.5. The Morgan fingerprint density at radius 3 is 2.72 bits per heavy atom. The van der Waals surface area contributed by atoms with Crippen molar-refractivity contribution in [2.24, 2.45) is 7.05 Å². The monoisotopic (exact) mass is 443 g/mol. The molecule has 12 heteroatoms. The highest BCUT2D eigenvalue weighted by atomic mass is 35.5. The minimum absolute atomic E-state index is 0.0146. The van der Waals surface area contributed by atoms with Crippen LogP contribution < -0.4 is 4.74 Å². The van der Waals surface area contributed by atoms with Crippen molar-refractivity contribution >= 4 is 33.2 Å². The summed E-state index contributed by atoms with van der Waals surface area (Å²) < 4.78 is 60.3. The lowest BCUT2D eigenvalue weighted by atomic mass is 10.2. The molecule has 0 aliphatic carbocycles. The number of halogens is 5. The van der Waals surface area contributed by atoms with Gasteiger partial charge >= 0.3 is 6.18 Å². The van der Waals surface area contributed by atoms with Crippen LogP contribution in [-0.4, -0.2) is 24.5 Å². The number of imidazole rings is 1. The van der Waals surface area contributed by atoms with Crippen molar-refractivity contribution in [2.75, 3.05) is 0 Å². The van der Waals surface area contributed by atoms with E-state index in [4.69, 9.17) is 16.3 Å². The van der Waals surface area contributed by atoms with Gasteiger partial charge in [0.15, 0.2) is 17.3 Å². The van der Waals surface area contributed by atoms with Crippen LogP contribution in [0.4, 0.5) is 17.6 Å². The molecule has 29 heavy (non-hydrogen) atoms. The molecule has 0 atom stereocenters. The van der Waals surface area contributed by atoms with Crippen molar-refractivity contribution in [1.29, 1.82) is 0 Å². The Bertz CT molecular complexity index is 1210. The number of alkyl halides is 3. The average molecular weight is 444 g/mol. The van der Waals surface area contributed by atoms with Gasteiger partial charge in [-0.15, -0.1) is 11.3 Å². The number of ether oxygens (including phenoxy) is 1. The van der Waals surface area contributed by atoms with Crippen molar-refractivity contribution in [2.45, 2.75) is 12.8 Å². The molecule has 0 N–H and O–H groups in total. The molecule has 0 radical (unpaired) electrons. The number of thiophene rings is 1. The van der Waals surface area contributed by atoms with Crippen LogP contribution in [0.3, 0.4) is 0 Å². The SMILES string of the molecule is Cn1cc(C(F)(F)F)nc1-c1ncc(COc2nc(Cl)nc3ccsc23)cc1F. The number of fused-ring (bicyclic) bond motifs is 1. The lowest BCUT2D eigenvalue weighted by Crippen LogP contribution is -2.05. The third-order valence-electron chi connectivity index (χ3n) is 3.90. The summed E-state index contributed by atoms with van der Waals surface area (Å²) >= 11 is 7.23. The molecule has 4 aromatic heterocycles. The van der Waals surface area contributed by atoms with Gasteiger partial charge in [-0.3, -0.25) is 0 Å². The normalized spacial score (nSPS) is 11.9. The predicted molar refractivity (Wildman–Crippen MR) is 98.2 cm³/mol. The number of hydrogen-bond acceptors (Lipinski definition) is 6. The molecule has 0 bridgehead atoms. The van der Waals surface area contributed by atoms with Gasteiger partial charge in [-0.1, -0.05) is 0 Å². The molecule has 0 aromatic carbocycles. The van der Waals surface area contributed by atoms with Gasteiger partial charge in [0.05, 0.1) is 5.52 Å². The van der Waals surface area contributed by atoms with Gasteiger partial charge in [0, 0.05) is 25.0 Å². The number of rotatable bonds is 4. The van der Waals surface area contributed by atoms with Gasteiger partial charge in [-0.05, 0) is 29.1 Å². The van der Waals surface area contributed by atoms with Gasteiger partial charge in [0.2, 0.25) is 11.2 Å². The van der Waals surface area contributed by atoms with Crippen LogP contribution >= 0.6 is 22.9 Å². The molecule has 150 valence electrons. The quantitative estimate of drug-likeness (QED) is 0.332. The molecular formula is C17H10ClF4N5OS. The molecule has 6 nitrogen and oxygen atoms in total. The van der Waals surface area contributed by atoms with Crippen LogP contribution in [0.1, 0.15) is 11.3 Å². The van der Waals surface area contributed by atoms with Crippen LogP contribution in [0.15, 0.2) is 29.9 Å². The molecule has 0 aliphatic heterocycles. The van der Waals surface area contributed by atoms with E-state index in [1.165, 1.54) is 24.6 Å². The van der Waals surface area contributed by atoms with Crippen LogP contribution in [0.5, 0.6) is 5.88 Å². The second-order valence-electron chi connectivity index (χ2n) is 5.95. The molecule has 4 heterocycles. The predicted octanol–water partition coefficient (Wildman–Crippen LogP) is 4.88. The Labute approximate surface area is 169 Å². The Hall–Kier alpha value is -2.79. The summed E-state index contributed by atoms with van der Waals surface area (Å²) in [5.74, 6) is -0.806.